The van der Waals surface area contributed by atoms with Crippen LogP contribution in [0.1, 0.15) is 17.3 Å². The smallest absolute Gasteiger partial charge is 0.257 e. The van der Waals surface area contributed by atoms with Gasteiger partial charge < -0.3 is 10.6 Å². The minimum atomic E-state index is -0.824. The van der Waals surface area contributed by atoms with E-state index in [4.69, 9.17) is 0 Å². The summed E-state index contributed by atoms with van der Waals surface area (Å²) in [6.45, 7) is 2.65. The third kappa shape index (κ3) is 3.28. The highest BCUT2D eigenvalue weighted by Crippen LogP contribution is 2.16. The average molecular weight is 277 g/mol. The molecular weight excluding hydrogens is 264 g/mol. The zero-order chi connectivity index (χ0) is 14.5. The van der Waals surface area contributed by atoms with E-state index in [1.165, 1.54) is 12.3 Å². The fraction of sp³-hybridized carbons (Fsp3) is 0.143. The van der Waals surface area contributed by atoms with Crippen molar-refractivity contribution in [3.8, 4) is 0 Å². The van der Waals surface area contributed by atoms with E-state index in [1.807, 2.05) is 6.92 Å². The normalized spacial score (nSPS) is 10.2. The van der Waals surface area contributed by atoms with E-state index in [0.29, 0.717) is 11.9 Å². The summed E-state index contributed by atoms with van der Waals surface area (Å²) in [5.41, 5.74) is 0.211. The van der Waals surface area contributed by atoms with E-state index < -0.39 is 17.5 Å². The number of carbonyl (C=O) groups is 1. The zero-order valence-electron chi connectivity index (χ0n) is 10.8. The van der Waals surface area contributed by atoms with E-state index >= 15 is 0 Å². The second-order valence-electron chi connectivity index (χ2n) is 4.04. The number of carbonyl (C=O) groups excluding carboxylic acids is 1. The first-order chi connectivity index (χ1) is 9.60. The molecule has 1 aromatic carbocycles. The van der Waals surface area contributed by atoms with E-state index in [-0.39, 0.29) is 11.3 Å². The Labute approximate surface area is 114 Å². The summed E-state index contributed by atoms with van der Waals surface area (Å²) >= 11 is 0. The maximum absolute atomic E-state index is 13.4. The molecule has 1 aromatic heterocycles. The van der Waals surface area contributed by atoms with Crippen LogP contribution in [-0.2, 0) is 0 Å². The van der Waals surface area contributed by atoms with E-state index in [9.17, 15) is 13.6 Å². The molecule has 0 aliphatic rings. The maximum Gasteiger partial charge on any atom is 0.257 e. The van der Waals surface area contributed by atoms with Crippen molar-refractivity contribution in [2.24, 2.45) is 0 Å². The van der Waals surface area contributed by atoms with Gasteiger partial charge in [0.15, 0.2) is 0 Å². The number of nitrogens with one attached hydrogen (secondary N) is 2. The molecule has 0 aliphatic heterocycles. The van der Waals surface area contributed by atoms with Gasteiger partial charge in [-0.05, 0) is 31.2 Å². The highest BCUT2D eigenvalue weighted by molar-refractivity contribution is 6.04. The Hall–Kier alpha value is -2.50. The second kappa shape index (κ2) is 6.10. The number of nitrogens with zero attached hydrogens (tertiary/aromatic N) is 1. The largest absolute Gasteiger partial charge is 0.370 e. The summed E-state index contributed by atoms with van der Waals surface area (Å²) in [7, 11) is 0. The molecule has 20 heavy (non-hydrogen) atoms. The van der Waals surface area contributed by atoms with E-state index in [0.717, 1.165) is 12.6 Å². The number of rotatable bonds is 4. The third-order valence-electron chi connectivity index (χ3n) is 2.56. The van der Waals surface area contributed by atoms with Crippen molar-refractivity contribution in [3.63, 3.8) is 0 Å². The lowest BCUT2D eigenvalue weighted by Gasteiger charge is -2.07. The van der Waals surface area contributed by atoms with Crippen LogP contribution in [0.4, 0.5) is 20.3 Å². The summed E-state index contributed by atoms with van der Waals surface area (Å²) in [4.78, 5) is 15.9. The molecule has 0 saturated carbocycles. The Morgan fingerprint density at radius 2 is 2.05 bits per heavy atom. The lowest BCUT2D eigenvalue weighted by atomic mass is 10.2. The monoisotopic (exact) mass is 277 g/mol. The van der Waals surface area contributed by atoms with Gasteiger partial charge in [0.25, 0.3) is 5.91 Å². The molecule has 0 spiro atoms. The van der Waals surface area contributed by atoms with Gasteiger partial charge in [-0.25, -0.2) is 13.8 Å². The lowest BCUT2D eigenvalue weighted by Crippen LogP contribution is -2.13. The number of aromatic nitrogens is 1. The first-order valence-electron chi connectivity index (χ1n) is 6.06. The van der Waals surface area contributed by atoms with Gasteiger partial charge in [-0.3, -0.25) is 4.79 Å². The molecule has 0 saturated heterocycles. The van der Waals surface area contributed by atoms with Gasteiger partial charge in [0.1, 0.15) is 17.5 Å². The highest BCUT2D eigenvalue weighted by atomic mass is 19.1. The fourth-order valence-corrected chi connectivity index (χ4v) is 1.60. The van der Waals surface area contributed by atoms with Crippen LogP contribution in [-0.4, -0.2) is 17.4 Å². The standard InChI is InChI=1S/C14H13F2N3O/c1-2-17-13-6-3-9(8-18-13)14(20)19-12-5-4-10(15)7-11(12)16/h3-8H,2H2,1H3,(H,17,18)(H,19,20). The van der Waals surface area contributed by atoms with Crippen molar-refractivity contribution in [2.75, 3.05) is 17.2 Å². The fourth-order valence-electron chi connectivity index (χ4n) is 1.60. The summed E-state index contributed by atoms with van der Waals surface area (Å²) in [5, 5.41) is 5.36. The van der Waals surface area contributed by atoms with Crippen molar-refractivity contribution in [3.05, 3.63) is 53.7 Å². The van der Waals surface area contributed by atoms with Crippen LogP contribution < -0.4 is 10.6 Å². The minimum Gasteiger partial charge on any atom is -0.370 e. The molecule has 0 fully saturated rings. The Kier molecular flexibility index (Phi) is 4.24. The number of amides is 1. The Bertz CT molecular complexity index is 614. The molecule has 2 aromatic rings. The van der Waals surface area contributed by atoms with Crippen molar-refractivity contribution in [2.45, 2.75) is 6.92 Å². The summed E-state index contributed by atoms with van der Waals surface area (Å²) in [5.74, 6) is -1.38. The number of halogens is 2. The second-order valence-corrected chi connectivity index (χ2v) is 4.04. The Morgan fingerprint density at radius 3 is 2.65 bits per heavy atom. The minimum absolute atomic E-state index is 0.0767. The van der Waals surface area contributed by atoms with Crippen molar-refractivity contribution in [1.29, 1.82) is 0 Å². The molecule has 0 bridgehead atoms. The number of hydrogen-bond acceptors (Lipinski definition) is 3. The quantitative estimate of drug-likeness (QED) is 0.903. The first kappa shape index (κ1) is 13.9. The van der Waals surface area contributed by atoms with Crippen LogP contribution >= 0.6 is 0 Å². The molecule has 6 heteroatoms. The SMILES string of the molecule is CCNc1ccc(C(=O)Nc2ccc(F)cc2F)cn1. The van der Waals surface area contributed by atoms with Gasteiger partial charge in [0.2, 0.25) is 0 Å². The third-order valence-corrected chi connectivity index (χ3v) is 2.56. The molecule has 2 rings (SSSR count). The van der Waals surface area contributed by atoms with Gasteiger partial charge >= 0.3 is 0 Å². The first-order valence-corrected chi connectivity index (χ1v) is 6.06. The number of hydrogen-bond donors (Lipinski definition) is 2. The zero-order valence-corrected chi connectivity index (χ0v) is 10.8. The average Bonchev–Trinajstić information content (AvgIpc) is 2.43. The predicted octanol–water partition coefficient (Wildman–Crippen LogP) is 3.04. The molecule has 1 amide bonds. The molecule has 2 N–H and O–H groups in total. The van der Waals surface area contributed by atoms with Crippen LogP contribution in [0.2, 0.25) is 0 Å². The predicted molar refractivity (Wildman–Crippen MR) is 72.7 cm³/mol. The molecule has 0 unspecified atom stereocenters. The molecular formula is C14H13F2N3O. The van der Waals surface area contributed by atoms with Gasteiger partial charge in [-0.1, -0.05) is 0 Å². The summed E-state index contributed by atoms with van der Waals surface area (Å²) < 4.78 is 26.2. The number of anilines is 2. The van der Waals surface area contributed by atoms with Crippen LogP contribution in [0.25, 0.3) is 0 Å². The van der Waals surface area contributed by atoms with Crippen molar-refractivity contribution < 1.29 is 13.6 Å². The van der Waals surface area contributed by atoms with Gasteiger partial charge in [0, 0.05) is 18.8 Å². The molecule has 0 radical (unpaired) electrons. The van der Waals surface area contributed by atoms with Crippen LogP contribution in [0, 0.1) is 11.6 Å². The summed E-state index contributed by atoms with van der Waals surface area (Å²) in [6.07, 6.45) is 1.38. The van der Waals surface area contributed by atoms with Gasteiger partial charge in [-0.2, -0.15) is 0 Å². The van der Waals surface area contributed by atoms with Gasteiger partial charge in [0.05, 0.1) is 11.3 Å². The topological polar surface area (TPSA) is 54.0 Å². The van der Waals surface area contributed by atoms with E-state index in [1.54, 1.807) is 12.1 Å². The number of benzene rings is 1. The Morgan fingerprint density at radius 1 is 1.25 bits per heavy atom. The highest BCUT2D eigenvalue weighted by Gasteiger charge is 2.10. The van der Waals surface area contributed by atoms with Crippen LogP contribution in [0.3, 0.4) is 0 Å². The lowest BCUT2D eigenvalue weighted by molar-refractivity contribution is 0.102. The van der Waals surface area contributed by atoms with Crippen LogP contribution in [0.15, 0.2) is 36.5 Å². The molecule has 4 nitrogen and oxygen atoms in total. The van der Waals surface area contributed by atoms with Crippen molar-refractivity contribution in [1.82, 2.24) is 4.98 Å². The van der Waals surface area contributed by atoms with Crippen molar-refractivity contribution >= 4 is 17.4 Å². The Balaban J connectivity index is 2.11. The van der Waals surface area contributed by atoms with Crippen LogP contribution in [0.5, 0.6) is 0 Å². The molecule has 0 atom stereocenters. The molecule has 0 aliphatic carbocycles. The summed E-state index contributed by atoms with van der Waals surface area (Å²) in [6, 6.07) is 6.18. The maximum atomic E-state index is 13.4. The van der Waals surface area contributed by atoms with Gasteiger partial charge in [-0.15, -0.1) is 0 Å². The molecule has 104 valence electrons. The van der Waals surface area contributed by atoms with E-state index in [2.05, 4.69) is 15.6 Å². The number of pyridine rings is 1. The molecule has 1 heterocycles.